The van der Waals surface area contributed by atoms with Gasteiger partial charge in [-0.1, -0.05) is 48.0 Å². The van der Waals surface area contributed by atoms with E-state index in [9.17, 15) is 0 Å². The lowest BCUT2D eigenvalue weighted by Gasteiger charge is -2.22. The second-order valence-corrected chi connectivity index (χ2v) is 5.81. The highest BCUT2D eigenvalue weighted by molar-refractivity contribution is 6.30. The van der Waals surface area contributed by atoms with Crippen LogP contribution in [0.3, 0.4) is 0 Å². The van der Waals surface area contributed by atoms with Gasteiger partial charge in [-0.25, -0.2) is 0 Å². The van der Waals surface area contributed by atoms with Crippen LogP contribution in [-0.4, -0.2) is 6.04 Å². The van der Waals surface area contributed by atoms with Crippen molar-refractivity contribution >= 4 is 11.6 Å². The predicted molar refractivity (Wildman–Crippen MR) is 87.3 cm³/mol. The number of hydrogen-bond donors (Lipinski definition) is 1. The second-order valence-electron chi connectivity index (χ2n) is 5.38. The molecule has 2 N–H and O–H groups in total. The molecule has 2 nitrogen and oxygen atoms in total. The van der Waals surface area contributed by atoms with Gasteiger partial charge in [0.15, 0.2) is 0 Å². The van der Waals surface area contributed by atoms with E-state index in [4.69, 9.17) is 22.6 Å². The summed E-state index contributed by atoms with van der Waals surface area (Å²) in [6.45, 7) is 2.02. The second kappa shape index (κ2) is 7.26. The van der Waals surface area contributed by atoms with Crippen molar-refractivity contribution in [1.82, 2.24) is 0 Å². The maximum atomic E-state index is 8.70. The van der Waals surface area contributed by atoms with Gasteiger partial charge in [-0.05, 0) is 42.2 Å². The lowest BCUT2D eigenvalue weighted by Crippen LogP contribution is -2.26. The van der Waals surface area contributed by atoms with Crippen LogP contribution in [0.4, 0.5) is 0 Å². The van der Waals surface area contributed by atoms with Crippen LogP contribution in [0.5, 0.6) is 0 Å². The molecular formula is C18H19ClN2. The van der Waals surface area contributed by atoms with E-state index in [-0.39, 0.29) is 12.0 Å². The van der Waals surface area contributed by atoms with Crippen molar-refractivity contribution in [2.75, 3.05) is 0 Å². The Kier molecular flexibility index (Phi) is 5.38. The predicted octanol–water partition coefficient (Wildman–Crippen LogP) is 4.08. The summed E-state index contributed by atoms with van der Waals surface area (Å²) >= 11 is 6.08. The molecule has 3 heteroatoms. The van der Waals surface area contributed by atoms with Crippen LogP contribution >= 0.6 is 11.6 Å². The van der Waals surface area contributed by atoms with Crippen molar-refractivity contribution in [3.63, 3.8) is 0 Å². The van der Waals surface area contributed by atoms with Crippen LogP contribution in [0.25, 0.3) is 0 Å². The minimum absolute atomic E-state index is 0.0438. The van der Waals surface area contributed by atoms with Crippen molar-refractivity contribution in [3.05, 3.63) is 70.2 Å². The SMILES string of the molecule is CC(N)C(Cc1ccc(CC#N)cc1)c1cccc(Cl)c1. The molecule has 2 aromatic carbocycles. The molecule has 108 valence electrons. The minimum atomic E-state index is 0.0438. The minimum Gasteiger partial charge on any atom is -0.327 e. The standard InChI is InChI=1S/C18H19ClN2/c1-13(21)18(16-3-2-4-17(19)12-16)11-15-7-5-14(6-8-15)9-10-20/h2-8,12-13,18H,9,11,21H2,1H3. The number of nitrogens with two attached hydrogens (primary N) is 1. The lowest BCUT2D eigenvalue weighted by atomic mass is 9.87. The summed E-state index contributed by atoms with van der Waals surface area (Å²) in [6, 6.07) is 18.3. The fourth-order valence-corrected chi connectivity index (χ4v) is 2.68. The van der Waals surface area contributed by atoms with Crippen LogP contribution < -0.4 is 5.73 Å². The summed E-state index contributed by atoms with van der Waals surface area (Å²) in [6.07, 6.45) is 1.32. The monoisotopic (exact) mass is 298 g/mol. The molecule has 2 atom stereocenters. The molecular weight excluding hydrogens is 280 g/mol. The molecule has 0 amide bonds. The Hall–Kier alpha value is -1.82. The van der Waals surface area contributed by atoms with E-state index < -0.39 is 0 Å². The van der Waals surface area contributed by atoms with Gasteiger partial charge in [0.25, 0.3) is 0 Å². The van der Waals surface area contributed by atoms with E-state index in [1.807, 2.05) is 37.3 Å². The molecule has 0 saturated heterocycles. The maximum absolute atomic E-state index is 8.70. The summed E-state index contributed by atoms with van der Waals surface area (Å²) in [4.78, 5) is 0. The molecule has 0 bridgehead atoms. The van der Waals surface area contributed by atoms with E-state index in [1.165, 1.54) is 11.1 Å². The highest BCUT2D eigenvalue weighted by Gasteiger charge is 2.17. The Morgan fingerprint density at radius 1 is 1.14 bits per heavy atom. The summed E-state index contributed by atoms with van der Waals surface area (Å²) in [5, 5.41) is 9.44. The first-order valence-corrected chi connectivity index (χ1v) is 7.43. The van der Waals surface area contributed by atoms with Gasteiger partial charge < -0.3 is 5.73 Å². The first-order chi connectivity index (χ1) is 10.1. The topological polar surface area (TPSA) is 49.8 Å². The van der Waals surface area contributed by atoms with Crippen LogP contribution in [0, 0.1) is 11.3 Å². The fraction of sp³-hybridized carbons (Fsp3) is 0.278. The molecule has 0 spiro atoms. The van der Waals surface area contributed by atoms with Gasteiger partial charge >= 0.3 is 0 Å². The zero-order chi connectivity index (χ0) is 15.2. The van der Waals surface area contributed by atoms with Gasteiger partial charge in [-0.3, -0.25) is 0 Å². The van der Waals surface area contributed by atoms with Gasteiger partial charge in [-0.2, -0.15) is 5.26 Å². The lowest BCUT2D eigenvalue weighted by molar-refractivity contribution is 0.565. The molecule has 0 radical (unpaired) electrons. The third-order valence-corrected chi connectivity index (χ3v) is 3.91. The average Bonchev–Trinajstić information content (AvgIpc) is 2.46. The van der Waals surface area contributed by atoms with E-state index in [0.717, 1.165) is 17.0 Å². The van der Waals surface area contributed by atoms with Gasteiger partial charge in [0.1, 0.15) is 0 Å². The van der Waals surface area contributed by atoms with Gasteiger partial charge in [-0.15, -0.1) is 0 Å². The summed E-state index contributed by atoms with van der Waals surface area (Å²) in [5.74, 6) is 0.227. The molecule has 21 heavy (non-hydrogen) atoms. The fourth-order valence-electron chi connectivity index (χ4n) is 2.48. The van der Waals surface area contributed by atoms with E-state index in [1.54, 1.807) is 0 Å². The number of hydrogen-bond acceptors (Lipinski definition) is 2. The first-order valence-electron chi connectivity index (χ1n) is 7.06. The van der Waals surface area contributed by atoms with Crippen LogP contribution in [-0.2, 0) is 12.8 Å². The summed E-state index contributed by atoms with van der Waals surface area (Å²) in [5.41, 5.74) is 9.59. The van der Waals surface area contributed by atoms with Crippen LogP contribution in [0.1, 0.15) is 29.5 Å². The zero-order valence-electron chi connectivity index (χ0n) is 12.1. The van der Waals surface area contributed by atoms with Crippen molar-refractivity contribution in [1.29, 1.82) is 5.26 Å². The summed E-state index contributed by atoms with van der Waals surface area (Å²) in [7, 11) is 0. The third-order valence-electron chi connectivity index (χ3n) is 3.67. The number of halogens is 1. The number of benzene rings is 2. The third kappa shape index (κ3) is 4.32. The molecule has 0 aliphatic heterocycles. The Labute approximate surface area is 131 Å². The molecule has 2 rings (SSSR count). The summed E-state index contributed by atoms with van der Waals surface area (Å²) < 4.78 is 0. The Morgan fingerprint density at radius 3 is 2.38 bits per heavy atom. The molecule has 0 fully saturated rings. The van der Waals surface area contributed by atoms with E-state index in [0.29, 0.717) is 6.42 Å². The Bertz CT molecular complexity index is 626. The zero-order valence-corrected chi connectivity index (χ0v) is 12.8. The van der Waals surface area contributed by atoms with E-state index >= 15 is 0 Å². The van der Waals surface area contributed by atoms with Crippen molar-refractivity contribution in [2.45, 2.75) is 31.7 Å². The molecule has 2 aromatic rings. The van der Waals surface area contributed by atoms with Gasteiger partial charge in [0.2, 0.25) is 0 Å². The molecule has 0 aliphatic rings. The number of rotatable bonds is 5. The molecule has 0 saturated carbocycles. The van der Waals surface area contributed by atoms with Crippen molar-refractivity contribution in [2.24, 2.45) is 5.73 Å². The molecule has 0 aromatic heterocycles. The Balaban J connectivity index is 2.19. The normalized spacial score (nSPS) is 13.4. The highest BCUT2D eigenvalue weighted by Crippen LogP contribution is 2.26. The smallest absolute Gasteiger partial charge is 0.0669 e. The van der Waals surface area contributed by atoms with Crippen molar-refractivity contribution < 1.29 is 0 Å². The first kappa shape index (κ1) is 15.6. The van der Waals surface area contributed by atoms with Crippen LogP contribution in [0.2, 0.25) is 5.02 Å². The molecule has 0 heterocycles. The van der Waals surface area contributed by atoms with Crippen LogP contribution in [0.15, 0.2) is 48.5 Å². The van der Waals surface area contributed by atoms with E-state index in [2.05, 4.69) is 24.3 Å². The molecule has 0 aliphatic carbocycles. The van der Waals surface area contributed by atoms with Crippen molar-refractivity contribution in [3.8, 4) is 6.07 Å². The average molecular weight is 299 g/mol. The van der Waals surface area contributed by atoms with Gasteiger partial charge in [0.05, 0.1) is 12.5 Å². The van der Waals surface area contributed by atoms with Gasteiger partial charge in [0, 0.05) is 17.0 Å². The quantitative estimate of drug-likeness (QED) is 0.904. The number of nitrogens with zero attached hydrogens (tertiary/aromatic N) is 1. The highest BCUT2D eigenvalue weighted by atomic mass is 35.5. The number of nitriles is 1. The maximum Gasteiger partial charge on any atom is 0.0669 e. The largest absolute Gasteiger partial charge is 0.327 e. The Morgan fingerprint density at radius 2 is 1.81 bits per heavy atom. The molecule has 2 unspecified atom stereocenters.